The van der Waals surface area contributed by atoms with E-state index in [2.05, 4.69) is 34.2 Å². The van der Waals surface area contributed by atoms with Gasteiger partial charge in [0.05, 0.1) is 13.2 Å². The van der Waals surface area contributed by atoms with Crippen molar-refractivity contribution >= 4 is 29.9 Å². The van der Waals surface area contributed by atoms with E-state index < -0.39 is 0 Å². The van der Waals surface area contributed by atoms with Crippen LogP contribution in [0.15, 0.2) is 29.3 Å². The van der Waals surface area contributed by atoms with Gasteiger partial charge in [-0.25, -0.2) is 0 Å². The van der Waals surface area contributed by atoms with Crippen molar-refractivity contribution in [3.05, 3.63) is 29.8 Å². The molecule has 28 heavy (non-hydrogen) atoms. The number of rotatable bonds is 6. The number of β-amino-alcohol motifs (C(OH)–C–C–N with tert-alkyl or cyclic N) is 1. The van der Waals surface area contributed by atoms with Crippen molar-refractivity contribution in [1.82, 2.24) is 15.1 Å². The fourth-order valence-corrected chi connectivity index (χ4v) is 3.89. The van der Waals surface area contributed by atoms with Gasteiger partial charge in [0.25, 0.3) is 0 Å². The molecule has 2 saturated heterocycles. The standard InChI is InChI=1S/C21H34N4O2.HI/c1-3-22-21(25-13-10-19(26)16-25)23-14-17-8-11-24(12-9-17)15-18-4-6-20(27-2)7-5-18;/h4-7,17,19,26H,3,8-16H2,1-2H3,(H,22,23);1H/t19-;/m1./s1. The number of hydrogen-bond acceptors (Lipinski definition) is 4. The second-order valence-electron chi connectivity index (χ2n) is 7.65. The Bertz CT molecular complexity index is 603. The van der Waals surface area contributed by atoms with Gasteiger partial charge < -0.3 is 20.1 Å². The third kappa shape index (κ3) is 6.77. The quantitative estimate of drug-likeness (QED) is 0.356. The molecule has 0 spiro atoms. The van der Waals surface area contributed by atoms with Gasteiger partial charge in [-0.2, -0.15) is 0 Å². The molecule has 7 heteroatoms. The third-order valence-corrected chi connectivity index (χ3v) is 5.57. The van der Waals surface area contributed by atoms with Crippen LogP contribution in [0.5, 0.6) is 5.75 Å². The molecule has 0 saturated carbocycles. The van der Waals surface area contributed by atoms with E-state index in [1.54, 1.807) is 7.11 Å². The smallest absolute Gasteiger partial charge is 0.194 e. The molecule has 0 bridgehead atoms. The van der Waals surface area contributed by atoms with Crippen molar-refractivity contribution in [3.63, 3.8) is 0 Å². The molecule has 158 valence electrons. The van der Waals surface area contributed by atoms with Gasteiger partial charge in [-0.05, 0) is 62.9 Å². The van der Waals surface area contributed by atoms with Gasteiger partial charge in [0, 0.05) is 32.7 Å². The average Bonchev–Trinajstić information content (AvgIpc) is 3.13. The van der Waals surface area contributed by atoms with Crippen molar-refractivity contribution < 1.29 is 9.84 Å². The minimum Gasteiger partial charge on any atom is -0.497 e. The summed E-state index contributed by atoms with van der Waals surface area (Å²) in [7, 11) is 1.70. The SMILES string of the molecule is CCNC(=NCC1CCN(Cc2ccc(OC)cc2)CC1)N1CC[C@@H](O)C1.I. The van der Waals surface area contributed by atoms with Gasteiger partial charge in [0.2, 0.25) is 0 Å². The number of nitrogens with zero attached hydrogens (tertiary/aromatic N) is 3. The summed E-state index contributed by atoms with van der Waals surface area (Å²) >= 11 is 0. The second kappa shape index (κ2) is 11.8. The van der Waals surface area contributed by atoms with Gasteiger partial charge in [-0.1, -0.05) is 12.1 Å². The number of methoxy groups -OCH3 is 1. The first-order valence-electron chi connectivity index (χ1n) is 10.2. The van der Waals surface area contributed by atoms with Crippen LogP contribution in [0, 0.1) is 5.92 Å². The molecule has 2 N–H and O–H groups in total. The van der Waals surface area contributed by atoms with Crippen LogP contribution < -0.4 is 10.1 Å². The van der Waals surface area contributed by atoms with E-state index in [-0.39, 0.29) is 30.1 Å². The number of piperidine rings is 1. The van der Waals surface area contributed by atoms with Crippen molar-refractivity contribution in [3.8, 4) is 5.75 Å². The molecule has 1 atom stereocenters. The molecule has 0 aliphatic carbocycles. The molecule has 3 rings (SSSR count). The van der Waals surface area contributed by atoms with Gasteiger partial charge >= 0.3 is 0 Å². The summed E-state index contributed by atoms with van der Waals surface area (Å²) < 4.78 is 5.23. The van der Waals surface area contributed by atoms with Crippen molar-refractivity contribution in [1.29, 1.82) is 0 Å². The fraction of sp³-hybridized carbons (Fsp3) is 0.667. The number of benzene rings is 1. The topological polar surface area (TPSA) is 60.3 Å². The molecule has 0 aromatic heterocycles. The fourth-order valence-electron chi connectivity index (χ4n) is 3.89. The molecule has 2 aliphatic heterocycles. The van der Waals surface area contributed by atoms with Crippen LogP contribution in [0.2, 0.25) is 0 Å². The Hall–Kier alpha value is -1.06. The summed E-state index contributed by atoms with van der Waals surface area (Å²) in [5.74, 6) is 2.53. The molecule has 2 aliphatic rings. The van der Waals surface area contributed by atoms with E-state index in [0.717, 1.165) is 57.4 Å². The molecule has 0 unspecified atom stereocenters. The highest BCUT2D eigenvalue weighted by Gasteiger charge is 2.24. The second-order valence-corrected chi connectivity index (χ2v) is 7.65. The van der Waals surface area contributed by atoms with Gasteiger partial charge in [0.1, 0.15) is 5.75 Å². The Balaban J connectivity index is 0.00000280. The number of likely N-dealkylation sites (tertiary alicyclic amines) is 2. The Morgan fingerprint density at radius 2 is 1.89 bits per heavy atom. The van der Waals surface area contributed by atoms with Crippen molar-refractivity contribution in [2.45, 2.75) is 38.8 Å². The first kappa shape index (κ1) is 23.2. The first-order valence-corrected chi connectivity index (χ1v) is 10.2. The van der Waals surface area contributed by atoms with E-state index in [1.165, 1.54) is 18.4 Å². The predicted octanol–water partition coefficient (Wildman–Crippen LogP) is 2.56. The number of hydrogen-bond donors (Lipinski definition) is 2. The van der Waals surface area contributed by atoms with Crippen LogP contribution in [-0.4, -0.2) is 73.3 Å². The molecule has 1 aromatic carbocycles. The summed E-state index contributed by atoms with van der Waals surface area (Å²) in [5, 5.41) is 13.2. The number of ether oxygens (including phenoxy) is 1. The van der Waals surface area contributed by atoms with Crippen LogP contribution >= 0.6 is 24.0 Å². The maximum absolute atomic E-state index is 9.78. The molecule has 2 heterocycles. The molecular weight excluding hydrogens is 467 g/mol. The zero-order valence-corrected chi connectivity index (χ0v) is 19.5. The highest BCUT2D eigenvalue weighted by molar-refractivity contribution is 14.0. The normalized spacial score (nSPS) is 21.5. The summed E-state index contributed by atoms with van der Waals surface area (Å²) in [6.45, 7) is 8.71. The molecule has 0 radical (unpaired) electrons. The Morgan fingerprint density at radius 3 is 2.46 bits per heavy atom. The number of aliphatic hydroxyl groups excluding tert-OH is 1. The highest BCUT2D eigenvalue weighted by Crippen LogP contribution is 2.21. The summed E-state index contributed by atoms with van der Waals surface area (Å²) in [5.41, 5.74) is 1.34. The Morgan fingerprint density at radius 1 is 1.18 bits per heavy atom. The van der Waals surface area contributed by atoms with E-state index in [4.69, 9.17) is 9.73 Å². The summed E-state index contributed by atoms with van der Waals surface area (Å²) in [6.07, 6.45) is 3.02. The number of nitrogens with one attached hydrogen (secondary N) is 1. The maximum atomic E-state index is 9.78. The third-order valence-electron chi connectivity index (χ3n) is 5.57. The van der Waals surface area contributed by atoms with Crippen LogP contribution in [0.3, 0.4) is 0 Å². The lowest BCUT2D eigenvalue weighted by molar-refractivity contribution is 0.180. The van der Waals surface area contributed by atoms with E-state index in [0.29, 0.717) is 12.5 Å². The van der Waals surface area contributed by atoms with E-state index >= 15 is 0 Å². The Labute approximate surface area is 186 Å². The lowest BCUT2D eigenvalue weighted by Gasteiger charge is -2.31. The number of aliphatic hydroxyl groups is 1. The number of guanidine groups is 1. The first-order chi connectivity index (χ1) is 13.2. The summed E-state index contributed by atoms with van der Waals surface area (Å²) in [6, 6.07) is 8.38. The van der Waals surface area contributed by atoms with Crippen molar-refractivity contribution in [2.24, 2.45) is 10.9 Å². The minimum absolute atomic E-state index is 0. The molecule has 2 fully saturated rings. The molecule has 1 aromatic rings. The molecule has 0 amide bonds. The van der Waals surface area contributed by atoms with Gasteiger partial charge in [-0.3, -0.25) is 9.89 Å². The monoisotopic (exact) mass is 502 g/mol. The predicted molar refractivity (Wildman–Crippen MR) is 125 cm³/mol. The van der Waals surface area contributed by atoms with Gasteiger partial charge in [-0.15, -0.1) is 24.0 Å². The molecule has 6 nitrogen and oxygen atoms in total. The van der Waals surface area contributed by atoms with Crippen LogP contribution in [0.4, 0.5) is 0 Å². The molecular formula is C21H35IN4O2. The zero-order valence-electron chi connectivity index (χ0n) is 17.1. The average molecular weight is 502 g/mol. The van der Waals surface area contributed by atoms with Crippen LogP contribution in [-0.2, 0) is 6.54 Å². The van der Waals surface area contributed by atoms with Crippen LogP contribution in [0.25, 0.3) is 0 Å². The lowest BCUT2D eigenvalue weighted by Crippen LogP contribution is -2.41. The lowest BCUT2D eigenvalue weighted by atomic mass is 9.96. The Kier molecular flexibility index (Phi) is 9.81. The van der Waals surface area contributed by atoms with Gasteiger partial charge in [0.15, 0.2) is 5.96 Å². The highest BCUT2D eigenvalue weighted by atomic mass is 127. The zero-order chi connectivity index (χ0) is 19.1. The number of aliphatic imine (C=N–C) groups is 1. The minimum atomic E-state index is -0.213. The van der Waals surface area contributed by atoms with Crippen molar-refractivity contribution in [2.75, 3.05) is 46.4 Å². The van der Waals surface area contributed by atoms with E-state index in [9.17, 15) is 5.11 Å². The maximum Gasteiger partial charge on any atom is 0.194 e. The largest absolute Gasteiger partial charge is 0.497 e. The van der Waals surface area contributed by atoms with E-state index in [1.807, 2.05) is 12.1 Å². The van der Waals surface area contributed by atoms with Crippen LogP contribution in [0.1, 0.15) is 31.7 Å². The summed E-state index contributed by atoms with van der Waals surface area (Å²) in [4.78, 5) is 9.59. The number of halogens is 1.